The summed E-state index contributed by atoms with van der Waals surface area (Å²) in [6.45, 7) is 0. The fraction of sp³-hybridized carbons (Fsp3) is 0.278. The number of benzene rings is 2. The molecule has 1 atom stereocenters. The number of nitrogens with zero attached hydrogens (tertiary/aromatic N) is 1. The fourth-order valence-electron chi connectivity index (χ4n) is 2.49. The Morgan fingerprint density at radius 2 is 1.28 bits per heavy atom. The summed E-state index contributed by atoms with van der Waals surface area (Å²) in [5.74, 6) is -1.07. The van der Waals surface area contributed by atoms with Gasteiger partial charge in [0.25, 0.3) is 0 Å². The normalized spacial score (nSPS) is 13.1. The summed E-state index contributed by atoms with van der Waals surface area (Å²) in [7, 11) is -7.43. The van der Waals surface area contributed by atoms with Gasteiger partial charge in [-0.25, -0.2) is 16.8 Å². The molecule has 0 amide bonds. The van der Waals surface area contributed by atoms with Crippen LogP contribution in [0, 0.1) is 11.3 Å². The van der Waals surface area contributed by atoms with E-state index < -0.39 is 30.7 Å². The van der Waals surface area contributed by atoms with Crippen LogP contribution in [0.25, 0.3) is 0 Å². The van der Waals surface area contributed by atoms with Gasteiger partial charge >= 0.3 is 0 Å². The van der Waals surface area contributed by atoms with E-state index >= 15 is 0 Å². The van der Waals surface area contributed by atoms with Gasteiger partial charge in [-0.3, -0.25) is 0 Å². The third-order valence-electron chi connectivity index (χ3n) is 3.71. The van der Waals surface area contributed by atoms with Crippen LogP contribution in [0.15, 0.2) is 60.7 Å². The molecule has 25 heavy (non-hydrogen) atoms. The number of sulfone groups is 2. The third kappa shape index (κ3) is 6.00. The Labute approximate surface area is 148 Å². The van der Waals surface area contributed by atoms with Crippen LogP contribution in [0.1, 0.15) is 17.5 Å². The van der Waals surface area contributed by atoms with Crippen molar-refractivity contribution < 1.29 is 16.8 Å². The van der Waals surface area contributed by atoms with Crippen molar-refractivity contribution in [2.75, 3.05) is 5.75 Å². The minimum absolute atomic E-state index is 0.239. The number of hydrogen-bond donors (Lipinski definition) is 0. The topological polar surface area (TPSA) is 92.1 Å². The Balaban J connectivity index is 2.18. The van der Waals surface area contributed by atoms with Gasteiger partial charge in [-0.05, 0) is 11.1 Å². The van der Waals surface area contributed by atoms with Crippen LogP contribution >= 0.6 is 0 Å². The maximum Gasteiger partial charge on any atom is 0.159 e. The lowest BCUT2D eigenvalue weighted by molar-refractivity contribution is 0.572. The summed E-state index contributed by atoms with van der Waals surface area (Å²) in [4.78, 5) is 0. The zero-order valence-electron chi connectivity index (χ0n) is 13.6. The summed E-state index contributed by atoms with van der Waals surface area (Å²) < 4.78 is 50.0. The van der Waals surface area contributed by atoms with E-state index in [0.717, 1.165) is 0 Å². The summed E-state index contributed by atoms with van der Waals surface area (Å²) >= 11 is 0. The lowest BCUT2D eigenvalue weighted by Crippen LogP contribution is -2.31. The van der Waals surface area contributed by atoms with Crippen LogP contribution in [0.2, 0.25) is 0 Å². The van der Waals surface area contributed by atoms with Crippen LogP contribution in [-0.4, -0.2) is 27.8 Å². The van der Waals surface area contributed by atoms with Crippen LogP contribution < -0.4 is 0 Å². The molecule has 7 heteroatoms. The molecular weight excluding hydrogens is 358 g/mol. The molecule has 0 N–H and O–H groups in total. The van der Waals surface area contributed by atoms with Crippen molar-refractivity contribution in [3.8, 4) is 6.07 Å². The number of rotatable bonds is 8. The van der Waals surface area contributed by atoms with Crippen molar-refractivity contribution in [2.24, 2.45) is 0 Å². The van der Waals surface area contributed by atoms with Gasteiger partial charge < -0.3 is 0 Å². The van der Waals surface area contributed by atoms with Gasteiger partial charge in [0.15, 0.2) is 19.7 Å². The van der Waals surface area contributed by atoms with Gasteiger partial charge in [-0.2, -0.15) is 5.26 Å². The van der Waals surface area contributed by atoms with Crippen molar-refractivity contribution in [2.45, 2.75) is 23.2 Å². The summed E-state index contributed by atoms with van der Waals surface area (Å²) in [6.07, 6.45) is -0.344. The predicted molar refractivity (Wildman–Crippen MR) is 97.0 cm³/mol. The Kier molecular flexibility index (Phi) is 6.34. The van der Waals surface area contributed by atoms with E-state index in [9.17, 15) is 16.8 Å². The zero-order valence-corrected chi connectivity index (χ0v) is 15.2. The molecule has 0 radical (unpaired) electrons. The molecular formula is C18H19NO4S2. The number of nitriles is 1. The first-order valence-corrected chi connectivity index (χ1v) is 11.2. The third-order valence-corrected chi connectivity index (χ3v) is 7.69. The van der Waals surface area contributed by atoms with E-state index in [1.54, 1.807) is 66.7 Å². The Hall–Kier alpha value is -2.17. The molecule has 0 fully saturated rings. The van der Waals surface area contributed by atoms with Crippen molar-refractivity contribution in [3.05, 3.63) is 71.8 Å². The van der Waals surface area contributed by atoms with Gasteiger partial charge in [-0.15, -0.1) is 0 Å². The number of hydrogen-bond acceptors (Lipinski definition) is 5. The van der Waals surface area contributed by atoms with Crippen molar-refractivity contribution >= 4 is 19.7 Å². The van der Waals surface area contributed by atoms with Gasteiger partial charge in [0, 0.05) is 0 Å². The van der Waals surface area contributed by atoms with Crippen molar-refractivity contribution in [1.29, 1.82) is 5.26 Å². The molecule has 2 rings (SSSR count). The van der Waals surface area contributed by atoms with E-state index in [2.05, 4.69) is 0 Å². The molecule has 0 aliphatic rings. The fourth-order valence-corrected chi connectivity index (χ4v) is 6.66. The summed E-state index contributed by atoms with van der Waals surface area (Å²) in [5.41, 5.74) is 1.17. The predicted octanol–water partition coefficient (Wildman–Crippen LogP) is 2.50. The molecule has 0 unspecified atom stereocenters. The van der Waals surface area contributed by atoms with Crippen molar-refractivity contribution in [1.82, 2.24) is 0 Å². The minimum atomic E-state index is -3.76. The molecule has 132 valence electrons. The highest BCUT2D eigenvalue weighted by Gasteiger charge is 2.31. The molecule has 0 spiro atoms. The Bertz CT molecular complexity index is 932. The highest BCUT2D eigenvalue weighted by molar-refractivity contribution is 7.94. The van der Waals surface area contributed by atoms with E-state index in [0.29, 0.717) is 11.1 Å². The molecule has 0 bridgehead atoms. The maximum atomic E-state index is 12.6. The van der Waals surface area contributed by atoms with Crippen LogP contribution in [0.4, 0.5) is 0 Å². The van der Waals surface area contributed by atoms with E-state index in [1.165, 1.54) is 0 Å². The molecule has 0 saturated carbocycles. The lowest BCUT2D eigenvalue weighted by Gasteiger charge is -2.15. The van der Waals surface area contributed by atoms with Crippen LogP contribution in [0.3, 0.4) is 0 Å². The average molecular weight is 377 g/mol. The molecule has 5 nitrogen and oxygen atoms in total. The SMILES string of the molecule is N#CC[C@H](CS(=O)(=O)Cc1ccccc1)S(=O)(=O)Cc1ccccc1. The Morgan fingerprint density at radius 3 is 1.76 bits per heavy atom. The lowest BCUT2D eigenvalue weighted by atomic mass is 10.2. The minimum Gasteiger partial charge on any atom is -0.228 e. The van der Waals surface area contributed by atoms with Gasteiger partial charge in [0.05, 0.1) is 35.0 Å². The second-order valence-electron chi connectivity index (χ2n) is 5.82. The molecule has 0 aromatic heterocycles. The van der Waals surface area contributed by atoms with E-state index in [-0.39, 0.29) is 17.9 Å². The average Bonchev–Trinajstić information content (AvgIpc) is 2.55. The second kappa shape index (κ2) is 8.28. The molecule has 0 aliphatic heterocycles. The van der Waals surface area contributed by atoms with E-state index in [4.69, 9.17) is 5.26 Å². The monoisotopic (exact) mass is 377 g/mol. The standard InChI is InChI=1S/C18H19NO4S2/c19-12-11-18(25(22,23)14-17-9-5-2-6-10-17)15-24(20,21)13-16-7-3-1-4-8-16/h1-10,18H,11,13-15H2/t18-/m1/s1. The highest BCUT2D eigenvalue weighted by Crippen LogP contribution is 2.18. The smallest absolute Gasteiger partial charge is 0.159 e. The first-order valence-electron chi connectivity index (χ1n) is 7.69. The maximum absolute atomic E-state index is 12.6. The summed E-state index contributed by atoms with van der Waals surface area (Å²) in [5, 5.41) is 7.71. The summed E-state index contributed by atoms with van der Waals surface area (Å²) in [6, 6.07) is 18.9. The first kappa shape index (κ1) is 19.2. The van der Waals surface area contributed by atoms with Crippen LogP contribution in [0.5, 0.6) is 0 Å². The van der Waals surface area contributed by atoms with Gasteiger partial charge in [-0.1, -0.05) is 60.7 Å². The Morgan fingerprint density at radius 1 is 0.800 bits per heavy atom. The molecule has 0 aliphatic carbocycles. The molecule has 2 aromatic carbocycles. The quantitative estimate of drug-likeness (QED) is 0.705. The van der Waals surface area contributed by atoms with Gasteiger partial charge in [0.2, 0.25) is 0 Å². The molecule has 0 saturated heterocycles. The largest absolute Gasteiger partial charge is 0.228 e. The molecule has 0 heterocycles. The van der Waals surface area contributed by atoms with Crippen molar-refractivity contribution in [3.63, 3.8) is 0 Å². The first-order chi connectivity index (χ1) is 11.8. The zero-order chi connectivity index (χ0) is 18.3. The molecule has 2 aromatic rings. The van der Waals surface area contributed by atoms with E-state index in [1.807, 2.05) is 0 Å². The second-order valence-corrected chi connectivity index (χ2v) is 10.2. The van der Waals surface area contributed by atoms with Crippen LogP contribution in [-0.2, 0) is 31.2 Å². The van der Waals surface area contributed by atoms with Gasteiger partial charge in [0.1, 0.15) is 0 Å². The highest BCUT2D eigenvalue weighted by atomic mass is 32.2.